The smallest absolute Gasteiger partial charge is 0.374 e. The molecule has 5 nitrogen and oxygen atoms in total. The Morgan fingerprint density at radius 3 is 1.72 bits per heavy atom. The monoisotopic (exact) mass is 280 g/mol. The third-order valence-corrected chi connectivity index (χ3v) is 5.58. The Morgan fingerprint density at radius 1 is 0.833 bits per heavy atom. The molecule has 0 saturated carbocycles. The first-order valence-corrected chi connectivity index (χ1v) is 8.80. The summed E-state index contributed by atoms with van der Waals surface area (Å²) in [6, 6.07) is 0.925. The fraction of sp³-hybridized carbons (Fsp3) is 1.00. The highest BCUT2D eigenvalue weighted by atomic mass is 28.4. The molecule has 0 spiro atoms. The van der Waals surface area contributed by atoms with Crippen LogP contribution in [0.2, 0.25) is 6.04 Å². The van der Waals surface area contributed by atoms with E-state index in [2.05, 4.69) is 12.2 Å². The minimum Gasteiger partial charge on any atom is -0.374 e. The third kappa shape index (κ3) is 9.01. The van der Waals surface area contributed by atoms with Crippen molar-refractivity contribution in [2.24, 2.45) is 0 Å². The zero-order valence-corrected chi connectivity index (χ0v) is 13.6. The number of rotatable bonds is 12. The molecule has 0 rings (SSSR count). The molecule has 0 aromatic heterocycles. The van der Waals surface area contributed by atoms with Gasteiger partial charge in [0.05, 0.1) is 0 Å². The molecular formula is C12H32N2O3Si. The minimum atomic E-state index is -2.38. The lowest BCUT2D eigenvalue weighted by atomic mass is 10.3. The van der Waals surface area contributed by atoms with Crippen LogP contribution in [0.4, 0.5) is 0 Å². The average molecular weight is 280 g/mol. The summed E-state index contributed by atoms with van der Waals surface area (Å²) < 4.78 is 17.4. The van der Waals surface area contributed by atoms with E-state index in [1.165, 1.54) is 0 Å². The van der Waals surface area contributed by atoms with Gasteiger partial charge in [-0.3, -0.25) is 0 Å². The van der Waals surface area contributed by atoms with Crippen LogP contribution in [-0.2, 0) is 13.3 Å². The van der Waals surface area contributed by atoms with Gasteiger partial charge in [0.15, 0.2) is 0 Å². The van der Waals surface area contributed by atoms with Crippen molar-refractivity contribution < 1.29 is 13.3 Å². The van der Waals surface area contributed by atoms with Gasteiger partial charge in [-0.1, -0.05) is 6.92 Å². The van der Waals surface area contributed by atoms with E-state index < -0.39 is 8.80 Å². The first-order chi connectivity index (χ1) is 8.24. The van der Waals surface area contributed by atoms with E-state index in [4.69, 9.17) is 13.3 Å². The van der Waals surface area contributed by atoms with Crippen molar-refractivity contribution in [3.05, 3.63) is 0 Å². The van der Waals surface area contributed by atoms with Crippen molar-refractivity contribution in [3.63, 3.8) is 0 Å². The number of hydrogen-bond donors (Lipinski definition) is 2. The lowest BCUT2D eigenvalue weighted by molar-refractivity contribution is 0.0707. The van der Waals surface area contributed by atoms with E-state index in [-0.39, 0.29) is 6.15 Å². The maximum absolute atomic E-state index is 5.79. The van der Waals surface area contributed by atoms with E-state index in [1.807, 2.05) is 20.8 Å². The van der Waals surface area contributed by atoms with E-state index >= 15 is 0 Å². The fourth-order valence-electron chi connectivity index (χ4n) is 1.77. The minimum absolute atomic E-state index is 0. The van der Waals surface area contributed by atoms with Crippen LogP contribution >= 0.6 is 0 Å². The largest absolute Gasteiger partial charge is 0.500 e. The first kappa shape index (κ1) is 20.3. The van der Waals surface area contributed by atoms with Crippen molar-refractivity contribution in [3.8, 4) is 0 Å². The Labute approximate surface area is 114 Å². The van der Waals surface area contributed by atoms with E-state index in [9.17, 15) is 0 Å². The van der Waals surface area contributed by atoms with Crippen LogP contribution in [0.15, 0.2) is 0 Å². The molecule has 0 aromatic carbocycles. The Hall–Kier alpha value is 0.0169. The van der Waals surface area contributed by atoms with Crippen molar-refractivity contribution >= 4 is 8.80 Å². The molecule has 0 radical (unpaired) electrons. The normalized spacial score (nSPS) is 11.3. The molecule has 0 fully saturated rings. The second-order valence-corrected chi connectivity index (χ2v) is 6.52. The van der Waals surface area contributed by atoms with Gasteiger partial charge in [0.25, 0.3) is 0 Å². The molecule has 0 aliphatic rings. The summed E-state index contributed by atoms with van der Waals surface area (Å²) in [5, 5.41) is 3.32. The molecule has 0 saturated heterocycles. The summed E-state index contributed by atoms with van der Waals surface area (Å²) in [7, 11) is -2.38. The van der Waals surface area contributed by atoms with Crippen LogP contribution in [0.25, 0.3) is 0 Å². The highest BCUT2D eigenvalue weighted by Crippen LogP contribution is 2.18. The third-order valence-electron chi connectivity index (χ3n) is 2.43. The summed E-state index contributed by atoms with van der Waals surface area (Å²) in [6.45, 7) is 12.2. The lowest BCUT2D eigenvalue weighted by Crippen LogP contribution is -2.46. The van der Waals surface area contributed by atoms with Crippen LogP contribution in [0.1, 0.15) is 40.5 Å². The summed E-state index contributed by atoms with van der Waals surface area (Å²) in [6.07, 6.45) is 2.25. The molecular weight excluding hydrogens is 248 g/mol. The van der Waals surface area contributed by atoms with Gasteiger partial charge in [-0.2, -0.15) is 0 Å². The molecule has 0 unspecified atom stereocenters. The number of nitrogens with one attached hydrogen (secondary N) is 1. The maximum atomic E-state index is 5.79. The van der Waals surface area contributed by atoms with Crippen LogP contribution in [0.5, 0.6) is 0 Å². The summed E-state index contributed by atoms with van der Waals surface area (Å²) >= 11 is 0. The van der Waals surface area contributed by atoms with Crippen molar-refractivity contribution in [2.75, 3.05) is 32.9 Å². The Balaban J connectivity index is 0. The molecule has 0 aliphatic heterocycles. The highest BCUT2D eigenvalue weighted by Gasteiger charge is 2.39. The fourth-order valence-corrected chi connectivity index (χ4v) is 4.46. The maximum Gasteiger partial charge on any atom is 0.500 e. The van der Waals surface area contributed by atoms with Crippen LogP contribution in [0.3, 0.4) is 0 Å². The molecule has 112 valence electrons. The van der Waals surface area contributed by atoms with Gasteiger partial charge in [0, 0.05) is 25.9 Å². The van der Waals surface area contributed by atoms with Gasteiger partial charge in [-0.15, -0.1) is 0 Å². The SMILES string of the molecule is CCNCCCC[Si](OCC)(OCC)OCC.N. The second kappa shape index (κ2) is 13.4. The molecule has 18 heavy (non-hydrogen) atoms. The van der Waals surface area contributed by atoms with Gasteiger partial charge in [0.2, 0.25) is 0 Å². The van der Waals surface area contributed by atoms with Crippen molar-refractivity contribution in [1.82, 2.24) is 11.5 Å². The Kier molecular flexibility index (Phi) is 15.2. The van der Waals surface area contributed by atoms with E-state index in [1.54, 1.807) is 0 Å². The number of hydrogen-bond acceptors (Lipinski definition) is 5. The quantitative estimate of drug-likeness (QED) is 0.424. The van der Waals surface area contributed by atoms with Crippen molar-refractivity contribution in [2.45, 2.75) is 46.6 Å². The molecule has 6 heteroatoms. The molecule has 0 heterocycles. The molecule has 0 aliphatic carbocycles. The highest BCUT2D eigenvalue weighted by molar-refractivity contribution is 6.60. The van der Waals surface area contributed by atoms with Gasteiger partial charge in [-0.25, -0.2) is 0 Å². The second-order valence-electron chi connectivity index (χ2n) is 3.79. The molecule has 4 N–H and O–H groups in total. The Bertz CT molecular complexity index is 156. The molecule has 0 atom stereocenters. The zero-order valence-electron chi connectivity index (χ0n) is 12.6. The Morgan fingerprint density at radius 2 is 1.33 bits per heavy atom. The van der Waals surface area contributed by atoms with E-state index in [0.717, 1.165) is 32.0 Å². The van der Waals surface area contributed by atoms with Crippen LogP contribution in [-0.4, -0.2) is 41.7 Å². The summed E-state index contributed by atoms with van der Waals surface area (Å²) in [5.41, 5.74) is 0. The first-order valence-electron chi connectivity index (χ1n) is 6.87. The van der Waals surface area contributed by atoms with Gasteiger partial charge in [-0.05, 0) is 46.7 Å². The lowest BCUT2D eigenvalue weighted by Gasteiger charge is -2.28. The predicted octanol–water partition coefficient (Wildman–Crippen LogP) is 2.59. The standard InChI is InChI=1S/C12H29NO3Si.H3N/c1-5-13-11-9-10-12-17(14-6-2,15-7-3)16-8-4;/h13H,5-12H2,1-4H3;1H3. The average Bonchev–Trinajstić information content (AvgIpc) is 2.30. The molecule has 0 bridgehead atoms. The summed E-state index contributed by atoms with van der Waals surface area (Å²) in [5.74, 6) is 0. The van der Waals surface area contributed by atoms with Crippen LogP contribution < -0.4 is 11.5 Å². The molecule has 0 aromatic rings. The van der Waals surface area contributed by atoms with Gasteiger partial charge >= 0.3 is 8.80 Å². The van der Waals surface area contributed by atoms with Gasteiger partial charge in [0.1, 0.15) is 0 Å². The van der Waals surface area contributed by atoms with Gasteiger partial charge < -0.3 is 24.7 Å². The van der Waals surface area contributed by atoms with Crippen LogP contribution in [0, 0.1) is 0 Å². The molecule has 0 amide bonds. The van der Waals surface area contributed by atoms with E-state index in [0.29, 0.717) is 19.8 Å². The predicted molar refractivity (Wildman–Crippen MR) is 78.2 cm³/mol. The zero-order chi connectivity index (χ0) is 13.0. The number of unbranched alkanes of at least 4 members (excludes halogenated alkanes) is 1. The van der Waals surface area contributed by atoms with Crippen molar-refractivity contribution in [1.29, 1.82) is 0 Å². The summed E-state index contributed by atoms with van der Waals surface area (Å²) in [4.78, 5) is 0. The topological polar surface area (TPSA) is 74.7 Å².